The quantitative estimate of drug-likeness (QED) is 0.660. The van der Waals surface area contributed by atoms with E-state index in [4.69, 9.17) is 10.5 Å². The summed E-state index contributed by atoms with van der Waals surface area (Å²) in [6, 6.07) is 0.378. The van der Waals surface area contributed by atoms with E-state index in [1.165, 1.54) is 12.8 Å². The molecule has 0 aliphatic heterocycles. The van der Waals surface area contributed by atoms with Crippen molar-refractivity contribution < 1.29 is 4.74 Å². The van der Waals surface area contributed by atoms with Crippen molar-refractivity contribution in [3.05, 3.63) is 0 Å². The normalized spacial score (nSPS) is 39.0. The fourth-order valence-electron chi connectivity index (χ4n) is 1.76. The minimum Gasteiger partial charge on any atom is -0.378 e. The average molecular weight is 157 g/mol. The van der Waals surface area contributed by atoms with E-state index in [2.05, 4.69) is 6.92 Å². The summed E-state index contributed by atoms with van der Waals surface area (Å²) in [6.07, 6.45) is 3.87. The van der Waals surface area contributed by atoms with Crippen molar-refractivity contribution >= 4 is 0 Å². The van der Waals surface area contributed by atoms with Gasteiger partial charge >= 0.3 is 0 Å². The molecule has 2 N–H and O–H groups in total. The Hall–Kier alpha value is -0.0800. The highest BCUT2D eigenvalue weighted by atomic mass is 16.5. The first-order chi connectivity index (χ1) is 5.24. The van der Waals surface area contributed by atoms with Gasteiger partial charge in [0, 0.05) is 12.6 Å². The first kappa shape index (κ1) is 9.01. The van der Waals surface area contributed by atoms with Crippen LogP contribution in [0.3, 0.4) is 0 Å². The molecular weight excluding hydrogens is 138 g/mol. The molecular formula is C9H19NO. The Labute approximate surface area is 69.1 Å². The average Bonchev–Trinajstić information content (AvgIpc) is 1.98. The van der Waals surface area contributed by atoms with Gasteiger partial charge < -0.3 is 10.5 Å². The van der Waals surface area contributed by atoms with E-state index in [0.717, 1.165) is 13.0 Å². The van der Waals surface area contributed by atoms with Gasteiger partial charge in [0.15, 0.2) is 0 Å². The van der Waals surface area contributed by atoms with Gasteiger partial charge in [0.05, 0.1) is 6.10 Å². The van der Waals surface area contributed by atoms with Gasteiger partial charge in [0.2, 0.25) is 0 Å². The monoisotopic (exact) mass is 157 g/mol. The van der Waals surface area contributed by atoms with E-state index in [0.29, 0.717) is 18.1 Å². The van der Waals surface area contributed by atoms with Crippen LogP contribution < -0.4 is 5.73 Å². The molecule has 0 aromatic rings. The van der Waals surface area contributed by atoms with Crippen LogP contribution in [-0.4, -0.2) is 18.8 Å². The fraction of sp³-hybridized carbons (Fsp3) is 1.00. The van der Waals surface area contributed by atoms with Crippen LogP contribution in [0.2, 0.25) is 0 Å². The second-order valence-electron chi connectivity index (χ2n) is 3.54. The maximum Gasteiger partial charge on any atom is 0.0615 e. The van der Waals surface area contributed by atoms with Crippen molar-refractivity contribution in [2.75, 3.05) is 6.61 Å². The molecule has 0 amide bonds. The summed E-state index contributed by atoms with van der Waals surface area (Å²) in [5, 5.41) is 0. The van der Waals surface area contributed by atoms with Crippen molar-refractivity contribution in [1.82, 2.24) is 0 Å². The molecule has 0 bridgehead atoms. The predicted molar refractivity (Wildman–Crippen MR) is 46.4 cm³/mol. The molecule has 3 atom stereocenters. The van der Waals surface area contributed by atoms with E-state index in [1.54, 1.807) is 0 Å². The molecule has 0 spiro atoms. The molecule has 2 nitrogen and oxygen atoms in total. The van der Waals surface area contributed by atoms with Crippen molar-refractivity contribution in [1.29, 1.82) is 0 Å². The van der Waals surface area contributed by atoms with E-state index in [1.807, 2.05) is 6.92 Å². The van der Waals surface area contributed by atoms with E-state index in [9.17, 15) is 0 Å². The molecule has 0 radical (unpaired) electrons. The third kappa shape index (κ3) is 2.46. The lowest BCUT2D eigenvalue weighted by Gasteiger charge is -2.32. The Bertz CT molecular complexity index is 116. The lowest BCUT2D eigenvalue weighted by Crippen LogP contribution is -2.37. The number of hydrogen-bond donors (Lipinski definition) is 1. The van der Waals surface area contributed by atoms with Gasteiger partial charge in [-0.25, -0.2) is 0 Å². The zero-order chi connectivity index (χ0) is 8.27. The van der Waals surface area contributed by atoms with Crippen LogP contribution >= 0.6 is 0 Å². The van der Waals surface area contributed by atoms with Gasteiger partial charge in [0.25, 0.3) is 0 Å². The summed E-state index contributed by atoms with van der Waals surface area (Å²) in [7, 11) is 0. The highest BCUT2D eigenvalue weighted by molar-refractivity contribution is 4.80. The second-order valence-corrected chi connectivity index (χ2v) is 3.54. The molecule has 2 heteroatoms. The summed E-state index contributed by atoms with van der Waals surface area (Å²) >= 11 is 0. The van der Waals surface area contributed by atoms with Gasteiger partial charge in [-0.2, -0.15) is 0 Å². The molecule has 0 saturated heterocycles. The standard InChI is InChI=1S/C9H19NO/c1-3-11-9-6-8(10)5-4-7(9)2/h7-9H,3-6,10H2,1-2H3. The van der Waals surface area contributed by atoms with Gasteiger partial charge in [-0.15, -0.1) is 0 Å². The summed E-state index contributed by atoms with van der Waals surface area (Å²) in [5.74, 6) is 0.703. The fourth-order valence-corrected chi connectivity index (χ4v) is 1.76. The lowest BCUT2D eigenvalue weighted by molar-refractivity contribution is -0.00308. The van der Waals surface area contributed by atoms with E-state index < -0.39 is 0 Å². The van der Waals surface area contributed by atoms with Crippen LogP contribution in [0, 0.1) is 5.92 Å². The third-order valence-electron chi connectivity index (χ3n) is 2.54. The van der Waals surface area contributed by atoms with E-state index >= 15 is 0 Å². The highest BCUT2D eigenvalue weighted by Gasteiger charge is 2.25. The molecule has 66 valence electrons. The maximum atomic E-state index is 5.84. The van der Waals surface area contributed by atoms with Gasteiger partial charge in [-0.1, -0.05) is 6.92 Å². The Morgan fingerprint density at radius 3 is 2.82 bits per heavy atom. The minimum atomic E-state index is 0.378. The Balaban J connectivity index is 2.34. The molecule has 1 aliphatic carbocycles. The molecule has 1 aliphatic rings. The number of hydrogen-bond acceptors (Lipinski definition) is 2. The molecule has 1 saturated carbocycles. The van der Waals surface area contributed by atoms with Crippen molar-refractivity contribution in [3.63, 3.8) is 0 Å². The van der Waals surface area contributed by atoms with Gasteiger partial charge in [-0.3, -0.25) is 0 Å². The van der Waals surface area contributed by atoms with Crippen molar-refractivity contribution in [3.8, 4) is 0 Å². The van der Waals surface area contributed by atoms with Crippen LogP contribution in [0.5, 0.6) is 0 Å². The third-order valence-corrected chi connectivity index (χ3v) is 2.54. The molecule has 0 aromatic heterocycles. The maximum absolute atomic E-state index is 5.84. The number of nitrogens with two attached hydrogens (primary N) is 1. The molecule has 3 unspecified atom stereocenters. The predicted octanol–water partition coefficient (Wildman–Crippen LogP) is 1.54. The number of rotatable bonds is 2. The zero-order valence-electron chi connectivity index (χ0n) is 7.55. The zero-order valence-corrected chi connectivity index (χ0v) is 7.55. The van der Waals surface area contributed by atoms with Crippen molar-refractivity contribution in [2.45, 2.75) is 45.3 Å². The largest absolute Gasteiger partial charge is 0.378 e. The molecule has 0 heterocycles. The van der Waals surface area contributed by atoms with Crippen molar-refractivity contribution in [2.24, 2.45) is 11.7 Å². The van der Waals surface area contributed by atoms with Crippen LogP contribution in [0.1, 0.15) is 33.1 Å². The first-order valence-corrected chi connectivity index (χ1v) is 4.61. The summed E-state index contributed by atoms with van der Waals surface area (Å²) in [6.45, 7) is 5.13. The molecule has 1 rings (SSSR count). The lowest BCUT2D eigenvalue weighted by atomic mass is 9.85. The van der Waals surface area contributed by atoms with Crippen LogP contribution in [0.15, 0.2) is 0 Å². The SMILES string of the molecule is CCOC1CC(N)CCC1C. The molecule has 11 heavy (non-hydrogen) atoms. The molecule has 0 aromatic carbocycles. The van der Waals surface area contributed by atoms with Gasteiger partial charge in [0.1, 0.15) is 0 Å². The Kier molecular flexibility index (Phi) is 3.34. The topological polar surface area (TPSA) is 35.2 Å². The molecule has 1 fully saturated rings. The number of ether oxygens (including phenoxy) is 1. The summed E-state index contributed by atoms with van der Waals surface area (Å²) < 4.78 is 5.59. The van der Waals surface area contributed by atoms with Crippen LogP contribution in [-0.2, 0) is 4.74 Å². The second kappa shape index (κ2) is 4.07. The summed E-state index contributed by atoms with van der Waals surface area (Å²) in [4.78, 5) is 0. The first-order valence-electron chi connectivity index (χ1n) is 4.61. The van der Waals surface area contributed by atoms with Gasteiger partial charge in [-0.05, 0) is 32.1 Å². The van der Waals surface area contributed by atoms with E-state index in [-0.39, 0.29) is 0 Å². The Morgan fingerprint density at radius 1 is 1.45 bits per heavy atom. The summed E-state index contributed by atoms with van der Waals surface area (Å²) in [5.41, 5.74) is 5.84. The minimum absolute atomic E-state index is 0.378. The Morgan fingerprint density at radius 2 is 2.18 bits per heavy atom. The van der Waals surface area contributed by atoms with Crippen LogP contribution in [0.25, 0.3) is 0 Å². The highest BCUT2D eigenvalue weighted by Crippen LogP contribution is 2.25. The smallest absolute Gasteiger partial charge is 0.0615 e. The van der Waals surface area contributed by atoms with Crippen LogP contribution in [0.4, 0.5) is 0 Å².